The highest BCUT2D eigenvalue weighted by molar-refractivity contribution is 6.06. The van der Waals surface area contributed by atoms with E-state index in [4.69, 9.17) is 0 Å². The van der Waals surface area contributed by atoms with Crippen molar-refractivity contribution in [2.24, 2.45) is 7.05 Å². The summed E-state index contributed by atoms with van der Waals surface area (Å²) in [5.41, 5.74) is 1.65. The highest BCUT2D eigenvalue weighted by Crippen LogP contribution is 2.31. The number of aryl methyl sites for hydroxylation is 1. The van der Waals surface area contributed by atoms with Crippen molar-refractivity contribution in [1.29, 1.82) is 0 Å². The molecule has 0 saturated carbocycles. The molecule has 8 nitrogen and oxygen atoms in total. The molecule has 2 N–H and O–H groups in total. The van der Waals surface area contributed by atoms with Crippen LogP contribution in [0.4, 0.5) is 5.69 Å². The summed E-state index contributed by atoms with van der Waals surface area (Å²) >= 11 is 0. The van der Waals surface area contributed by atoms with Crippen LogP contribution in [0.1, 0.15) is 23.2 Å². The number of phenolic OH excluding ortho intramolecular Hbond substituents is 1. The number of phenols is 1. The number of hydrogen-bond acceptors (Lipinski definition) is 5. The molecule has 0 radical (unpaired) electrons. The number of likely N-dealkylation sites (tertiary alicyclic amines) is 1. The minimum atomic E-state index is -0.609. The molecule has 1 aliphatic heterocycles. The number of aromatic nitrogens is 3. The van der Waals surface area contributed by atoms with E-state index in [9.17, 15) is 14.7 Å². The van der Waals surface area contributed by atoms with Crippen molar-refractivity contribution in [3.63, 3.8) is 0 Å². The topological polar surface area (TPSA) is 100 Å². The molecule has 166 valence electrons. The zero-order chi connectivity index (χ0) is 22.9. The lowest BCUT2D eigenvalue weighted by Crippen LogP contribution is -2.43. The molecule has 0 aliphatic carbocycles. The molecule has 3 aromatic carbocycles. The van der Waals surface area contributed by atoms with Gasteiger partial charge in [0, 0.05) is 30.2 Å². The SMILES string of the molecule is Cn1cnnc1-c1cccc(NC(=O)C2CCCN2C(=O)c2ccc3ccccc3c2O)c1. The predicted molar refractivity (Wildman–Crippen MR) is 125 cm³/mol. The third kappa shape index (κ3) is 3.80. The summed E-state index contributed by atoms with van der Waals surface area (Å²) in [7, 11) is 1.85. The molecule has 1 atom stereocenters. The maximum atomic E-state index is 13.3. The zero-order valence-corrected chi connectivity index (χ0v) is 18.1. The zero-order valence-electron chi connectivity index (χ0n) is 18.1. The number of amides is 2. The van der Waals surface area contributed by atoms with Crippen LogP contribution in [0.15, 0.2) is 67.0 Å². The number of hydrogen-bond donors (Lipinski definition) is 2. The fourth-order valence-corrected chi connectivity index (χ4v) is 4.37. The molecule has 4 aromatic rings. The van der Waals surface area contributed by atoms with Gasteiger partial charge in [0.05, 0.1) is 5.56 Å². The third-order valence-corrected chi connectivity index (χ3v) is 6.05. The van der Waals surface area contributed by atoms with Gasteiger partial charge in [-0.15, -0.1) is 10.2 Å². The second-order valence-electron chi connectivity index (χ2n) is 8.17. The molecule has 2 heterocycles. The van der Waals surface area contributed by atoms with Gasteiger partial charge in [-0.25, -0.2) is 0 Å². The maximum Gasteiger partial charge on any atom is 0.258 e. The molecule has 1 saturated heterocycles. The number of carbonyl (C=O) groups is 2. The normalized spacial score (nSPS) is 15.7. The van der Waals surface area contributed by atoms with E-state index >= 15 is 0 Å². The number of fused-ring (bicyclic) bond motifs is 1. The van der Waals surface area contributed by atoms with Gasteiger partial charge in [-0.1, -0.05) is 42.5 Å². The quantitative estimate of drug-likeness (QED) is 0.504. The summed E-state index contributed by atoms with van der Waals surface area (Å²) in [6, 6.07) is 17.5. The fourth-order valence-electron chi connectivity index (χ4n) is 4.37. The number of carbonyl (C=O) groups excluding carboxylic acids is 2. The predicted octanol–water partition coefficient (Wildman–Crippen LogP) is 3.58. The molecule has 1 unspecified atom stereocenters. The molecule has 33 heavy (non-hydrogen) atoms. The van der Waals surface area contributed by atoms with Crippen molar-refractivity contribution < 1.29 is 14.7 Å². The monoisotopic (exact) mass is 441 g/mol. The van der Waals surface area contributed by atoms with Crippen LogP contribution in [0.3, 0.4) is 0 Å². The van der Waals surface area contributed by atoms with E-state index in [1.54, 1.807) is 34.0 Å². The summed E-state index contributed by atoms with van der Waals surface area (Å²) in [4.78, 5) is 28.0. The average molecular weight is 441 g/mol. The van der Waals surface area contributed by atoms with Gasteiger partial charge in [0.15, 0.2) is 5.82 Å². The van der Waals surface area contributed by atoms with E-state index in [-0.39, 0.29) is 23.1 Å². The minimum Gasteiger partial charge on any atom is -0.506 e. The lowest BCUT2D eigenvalue weighted by Gasteiger charge is -2.24. The molecule has 2 amide bonds. The van der Waals surface area contributed by atoms with E-state index < -0.39 is 6.04 Å². The molecular weight excluding hydrogens is 418 g/mol. The van der Waals surface area contributed by atoms with Gasteiger partial charge in [0.1, 0.15) is 18.1 Å². The number of aromatic hydroxyl groups is 1. The second kappa shape index (κ2) is 8.38. The minimum absolute atomic E-state index is 0.0551. The molecule has 5 rings (SSSR count). The third-order valence-electron chi connectivity index (χ3n) is 6.05. The van der Waals surface area contributed by atoms with Crippen molar-refractivity contribution in [1.82, 2.24) is 19.7 Å². The highest BCUT2D eigenvalue weighted by Gasteiger charge is 2.35. The van der Waals surface area contributed by atoms with E-state index in [1.807, 2.05) is 49.5 Å². The average Bonchev–Trinajstić information content (AvgIpc) is 3.48. The Morgan fingerprint density at radius 1 is 1.09 bits per heavy atom. The Hall–Kier alpha value is -4.20. The molecule has 1 aromatic heterocycles. The van der Waals surface area contributed by atoms with Crippen LogP contribution in [-0.4, -0.2) is 49.2 Å². The van der Waals surface area contributed by atoms with Crippen molar-refractivity contribution in [3.8, 4) is 17.1 Å². The lowest BCUT2D eigenvalue weighted by atomic mass is 10.0. The first-order valence-corrected chi connectivity index (χ1v) is 10.8. The van der Waals surface area contributed by atoms with Gasteiger partial charge >= 0.3 is 0 Å². The van der Waals surface area contributed by atoms with Crippen molar-refractivity contribution in [3.05, 3.63) is 72.6 Å². The van der Waals surface area contributed by atoms with Gasteiger partial charge < -0.3 is 19.9 Å². The Bertz CT molecular complexity index is 1360. The van der Waals surface area contributed by atoms with Gasteiger partial charge in [-0.05, 0) is 36.4 Å². The van der Waals surface area contributed by atoms with Crippen LogP contribution >= 0.6 is 0 Å². The van der Waals surface area contributed by atoms with E-state index in [0.717, 1.165) is 17.4 Å². The maximum absolute atomic E-state index is 13.3. The summed E-state index contributed by atoms with van der Waals surface area (Å²) in [6.45, 7) is 0.460. The van der Waals surface area contributed by atoms with Crippen LogP contribution in [-0.2, 0) is 11.8 Å². The van der Waals surface area contributed by atoms with Crippen LogP contribution in [0.5, 0.6) is 5.75 Å². The van der Waals surface area contributed by atoms with E-state index in [2.05, 4.69) is 15.5 Å². The first-order chi connectivity index (χ1) is 16.0. The second-order valence-corrected chi connectivity index (χ2v) is 8.17. The van der Waals surface area contributed by atoms with Gasteiger partial charge in [-0.2, -0.15) is 0 Å². The van der Waals surface area contributed by atoms with E-state index in [0.29, 0.717) is 29.9 Å². The molecular formula is C25H23N5O3. The lowest BCUT2D eigenvalue weighted by molar-refractivity contribution is -0.119. The summed E-state index contributed by atoms with van der Waals surface area (Å²) < 4.78 is 1.80. The first kappa shape index (κ1) is 20.7. The summed E-state index contributed by atoms with van der Waals surface area (Å²) in [6.07, 6.45) is 2.90. The van der Waals surface area contributed by atoms with Gasteiger partial charge in [-0.3, -0.25) is 9.59 Å². The van der Waals surface area contributed by atoms with Crippen LogP contribution in [0.25, 0.3) is 22.2 Å². The Labute approximate surface area is 190 Å². The largest absolute Gasteiger partial charge is 0.506 e. The number of benzene rings is 3. The molecule has 1 aliphatic rings. The summed E-state index contributed by atoms with van der Waals surface area (Å²) in [5.74, 6) is 0.0380. The van der Waals surface area contributed by atoms with Crippen molar-refractivity contribution >= 4 is 28.3 Å². The smallest absolute Gasteiger partial charge is 0.258 e. The molecule has 1 fully saturated rings. The van der Waals surface area contributed by atoms with Crippen LogP contribution < -0.4 is 5.32 Å². The van der Waals surface area contributed by atoms with Crippen LogP contribution in [0.2, 0.25) is 0 Å². The Morgan fingerprint density at radius 3 is 2.76 bits per heavy atom. The standard InChI is InChI=1S/C25H23N5O3/c1-29-15-26-28-23(29)17-7-4-8-18(14-17)27-24(32)21-10-5-13-30(21)25(33)20-12-11-16-6-2-3-9-19(16)22(20)31/h2-4,6-9,11-12,14-15,21,31H,5,10,13H2,1H3,(H,27,32). The number of nitrogens with zero attached hydrogens (tertiary/aromatic N) is 4. The molecule has 0 bridgehead atoms. The Balaban J connectivity index is 1.37. The van der Waals surface area contributed by atoms with Gasteiger partial charge in [0.2, 0.25) is 5.91 Å². The first-order valence-electron chi connectivity index (χ1n) is 10.8. The van der Waals surface area contributed by atoms with Crippen LogP contribution in [0, 0.1) is 0 Å². The van der Waals surface area contributed by atoms with Gasteiger partial charge in [0.25, 0.3) is 5.91 Å². The summed E-state index contributed by atoms with van der Waals surface area (Å²) in [5, 5.41) is 23.1. The number of anilines is 1. The van der Waals surface area contributed by atoms with Crippen molar-refractivity contribution in [2.75, 3.05) is 11.9 Å². The fraction of sp³-hybridized carbons (Fsp3) is 0.200. The van der Waals surface area contributed by atoms with Crippen molar-refractivity contribution in [2.45, 2.75) is 18.9 Å². The molecule has 8 heteroatoms. The number of nitrogens with one attached hydrogen (secondary N) is 1. The Kier molecular flexibility index (Phi) is 5.26. The highest BCUT2D eigenvalue weighted by atomic mass is 16.3. The Morgan fingerprint density at radius 2 is 1.94 bits per heavy atom. The number of rotatable bonds is 4. The van der Waals surface area contributed by atoms with E-state index in [1.165, 1.54) is 0 Å². The molecule has 0 spiro atoms.